The fourth-order valence-electron chi connectivity index (χ4n) is 3.53. The number of hydrogen-bond acceptors (Lipinski definition) is 5. The summed E-state index contributed by atoms with van der Waals surface area (Å²) in [6.45, 7) is 0. The summed E-state index contributed by atoms with van der Waals surface area (Å²) in [5.74, 6) is 8.24. The summed E-state index contributed by atoms with van der Waals surface area (Å²) in [5, 5.41) is 17.2. The van der Waals surface area contributed by atoms with Crippen molar-refractivity contribution in [2.45, 2.75) is 37.3 Å². The Bertz CT molecular complexity index is 490. The van der Waals surface area contributed by atoms with Crippen molar-refractivity contribution in [1.29, 1.82) is 0 Å². The molecule has 2 fully saturated rings. The third kappa shape index (κ3) is 2.56. The lowest BCUT2D eigenvalue weighted by atomic mass is 9.86. The average molecular weight is 282 g/mol. The van der Waals surface area contributed by atoms with E-state index in [1.807, 2.05) is 0 Å². The molecule has 3 N–H and O–H groups in total. The van der Waals surface area contributed by atoms with Crippen LogP contribution in [0.3, 0.4) is 0 Å². The first-order chi connectivity index (χ1) is 9.13. The summed E-state index contributed by atoms with van der Waals surface area (Å²) in [7, 11) is 0. The van der Waals surface area contributed by atoms with Crippen molar-refractivity contribution in [2.24, 2.45) is 17.8 Å². The van der Waals surface area contributed by atoms with E-state index < -0.39 is 5.97 Å². The number of nitrogen functional groups attached to an aromatic ring is 1. The van der Waals surface area contributed by atoms with E-state index in [0.717, 1.165) is 35.8 Å². The summed E-state index contributed by atoms with van der Waals surface area (Å²) in [6.07, 6.45) is 6.25. The number of rotatable bonds is 5. The highest BCUT2D eigenvalue weighted by atomic mass is 32.2. The lowest BCUT2D eigenvalue weighted by molar-refractivity contribution is -0.133. The normalized spacial score (nSPS) is 28.9. The summed E-state index contributed by atoms with van der Waals surface area (Å²) in [6, 6.07) is 0. The Morgan fingerprint density at radius 3 is 2.89 bits per heavy atom. The van der Waals surface area contributed by atoms with Crippen LogP contribution in [0.5, 0.6) is 0 Å². The van der Waals surface area contributed by atoms with E-state index >= 15 is 0 Å². The minimum Gasteiger partial charge on any atom is -0.481 e. The Balaban J connectivity index is 1.63. The SMILES string of the molecule is Nn1c(CC2CC3CCC2C3)nnc1SCC(=O)O. The van der Waals surface area contributed by atoms with Crippen LogP contribution in [0.4, 0.5) is 0 Å². The molecule has 1 aromatic heterocycles. The molecule has 19 heavy (non-hydrogen) atoms. The van der Waals surface area contributed by atoms with Gasteiger partial charge in [0.1, 0.15) is 0 Å². The van der Waals surface area contributed by atoms with Gasteiger partial charge in [-0.15, -0.1) is 10.2 Å². The molecule has 2 bridgehead atoms. The van der Waals surface area contributed by atoms with Crippen molar-refractivity contribution < 1.29 is 9.90 Å². The molecule has 1 heterocycles. The van der Waals surface area contributed by atoms with Gasteiger partial charge in [0.15, 0.2) is 5.82 Å². The molecule has 0 radical (unpaired) electrons. The maximum atomic E-state index is 10.5. The van der Waals surface area contributed by atoms with Crippen molar-refractivity contribution in [3.05, 3.63) is 5.82 Å². The molecule has 0 spiro atoms. The molecular formula is C12H18N4O2S. The van der Waals surface area contributed by atoms with Crippen LogP contribution >= 0.6 is 11.8 Å². The number of nitrogens with two attached hydrogens (primary N) is 1. The van der Waals surface area contributed by atoms with E-state index in [2.05, 4.69) is 10.2 Å². The van der Waals surface area contributed by atoms with E-state index in [4.69, 9.17) is 10.9 Å². The Morgan fingerprint density at radius 1 is 1.42 bits per heavy atom. The summed E-state index contributed by atoms with van der Waals surface area (Å²) >= 11 is 1.11. The van der Waals surface area contributed by atoms with Crippen molar-refractivity contribution >= 4 is 17.7 Å². The van der Waals surface area contributed by atoms with Crippen LogP contribution in [0.1, 0.15) is 31.5 Å². The Morgan fingerprint density at radius 2 is 2.26 bits per heavy atom. The van der Waals surface area contributed by atoms with Crippen molar-refractivity contribution in [1.82, 2.24) is 14.9 Å². The molecule has 2 saturated carbocycles. The summed E-state index contributed by atoms with van der Waals surface area (Å²) < 4.78 is 1.46. The van der Waals surface area contributed by atoms with E-state index in [9.17, 15) is 4.79 Å². The predicted molar refractivity (Wildman–Crippen MR) is 71.2 cm³/mol. The average Bonchev–Trinajstić information content (AvgIpc) is 3.05. The number of carboxylic acid groups (broad SMARTS) is 1. The minimum absolute atomic E-state index is 0.0382. The van der Waals surface area contributed by atoms with Crippen molar-refractivity contribution in [2.75, 3.05) is 11.6 Å². The van der Waals surface area contributed by atoms with Crippen LogP contribution in [0.15, 0.2) is 5.16 Å². The molecule has 0 aromatic carbocycles. The van der Waals surface area contributed by atoms with Crippen molar-refractivity contribution in [3.8, 4) is 0 Å². The fourth-order valence-corrected chi connectivity index (χ4v) is 4.13. The first kappa shape index (κ1) is 12.8. The number of hydrogen-bond donors (Lipinski definition) is 2. The summed E-state index contributed by atoms with van der Waals surface area (Å²) in [4.78, 5) is 10.5. The van der Waals surface area contributed by atoms with Gasteiger partial charge in [-0.25, -0.2) is 4.68 Å². The number of aliphatic carboxylic acids is 1. The largest absolute Gasteiger partial charge is 0.481 e. The zero-order valence-corrected chi connectivity index (χ0v) is 11.5. The molecule has 0 amide bonds. The molecule has 0 aliphatic heterocycles. The molecule has 3 rings (SSSR count). The van der Waals surface area contributed by atoms with Gasteiger partial charge >= 0.3 is 5.97 Å². The van der Waals surface area contributed by atoms with E-state index in [-0.39, 0.29) is 5.75 Å². The zero-order chi connectivity index (χ0) is 13.4. The van der Waals surface area contributed by atoms with Crippen LogP contribution in [0, 0.1) is 17.8 Å². The molecule has 6 nitrogen and oxygen atoms in total. The third-order valence-electron chi connectivity index (χ3n) is 4.39. The van der Waals surface area contributed by atoms with Gasteiger partial charge in [-0.2, -0.15) is 0 Å². The number of fused-ring (bicyclic) bond motifs is 2. The standard InChI is InChI=1S/C12H18N4O2S/c13-16-10(14-15-12(16)19-6-11(17)18)5-9-4-7-1-2-8(9)3-7/h7-9H,1-6,13H2,(H,17,18). The molecular weight excluding hydrogens is 264 g/mol. The van der Waals surface area contributed by atoms with Crippen molar-refractivity contribution in [3.63, 3.8) is 0 Å². The summed E-state index contributed by atoms with van der Waals surface area (Å²) in [5.41, 5.74) is 0. The zero-order valence-electron chi connectivity index (χ0n) is 10.7. The fraction of sp³-hybridized carbons (Fsp3) is 0.750. The van der Waals surface area contributed by atoms with Crippen LogP contribution in [-0.4, -0.2) is 31.7 Å². The first-order valence-corrected chi connectivity index (χ1v) is 7.66. The van der Waals surface area contributed by atoms with Gasteiger partial charge in [0.05, 0.1) is 5.75 Å². The lowest BCUT2D eigenvalue weighted by Gasteiger charge is -2.20. The van der Waals surface area contributed by atoms with E-state index in [1.165, 1.54) is 30.4 Å². The van der Waals surface area contributed by atoms with E-state index in [1.54, 1.807) is 0 Å². The second kappa shape index (κ2) is 5.03. The number of thioether (sulfide) groups is 1. The highest BCUT2D eigenvalue weighted by Gasteiger charge is 2.39. The number of carboxylic acids is 1. The lowest BCUT2D eigenvalue weighted by Crippen LogP contribution is -2.20. The van der Waals surface area contributed by atoms with Gasteiger partial charge in [0.25, 0.3) is 0 Å². The van der Waals surface area contributed by atoms with Crippen LogP contribution < -0.4 is 5.84 Å². The molecule has 104 valence electrons. The van der Waals surface area contributed by atoms with Crippen LogP contribution in [0.25, 0.3) is 0 Å². The number of aromatic nitrogens is 3. The Kier molecular flexibility index (Phi) is 3.38. The topological polar surface area (TPSA) is 94.0 Å². The molecule has 3 unspecified atom stereocenters. The third-order valence-corrected chi connectivity index (χ3v) is 5.32. The maximum Gasteiger partial charge on any atom is 0.313 e. The number of carbonyl (C=O) groups is 1. The molecule has 0 saturated heterocycles. The highest BCUT2D eigenvalue weighted by Crippen LogP contribution is 2.49. The molecule has 1 aromatic rings. The number of nitrogens with zero attached hydrogens (tertiary/aromatic N) is 3. The minimum atomic E-state index is -0.873. The van der Waals surface area contributed by atoms with Gasteiger partial charge in [0.2, 0.25) is 5.16 Å². The Hall–Kier alpha value is -1.24. The van der Waals surface area contributed by atoms with Crippen LogP contribution in [-0.2, 0) is 11.2 Å². The Labute approximate surface area is 115 Å². The van der Waals surface area contributed by atoms with E-state index in [0.29, 0.717) is 11.1 Å². The van der Waals surface area contributed by atoms with Gasteiger partial charge in [-0.3, -0.25) is 4.79 Å². The van der Waals surface area contributed by atoms with Gasteiger partial charge in [-0.05, 0) is 37.0 Å². The predicted octanol–water partition coefficient (Wildman–Crippen LogP) is 1.15. The smallest absolute Gasteiger partial charge is 0.313 e. The molecule has 2 aliphatic rings. The van der Waals surface area contributed by atoms with Gasteiger partial charge in [-0.1, -0.05) is 18.2 Å². The molecule has 2 aliphatic carbocycles. The molecule has 3 atom stereocenters. The second-order valence-electron chi connectivity index (χ2n) is 5.59. The highest BCUT2D eigenvalue weighted by molar-refractivity contribution is 7.99. The van der Waals surface area contributed by atoms with Crippen LogP contribution in [0.2, 0.25) is 0 Å². The second-order valence-corrected chi connectivity index (χ2v) is 6.53. The molecule has 7 heteroatoms. The van der Waals surface area contributed by atoms with Gasteiger partial charge < -0.3 is 10.9 Å². The quantitative estimate of drug-likeness (QED) is 0.621. The monoisotopic (exact) mass is 282 g/mol. The first-order valence-electron chi connectivity index (χ1n) is 6.67. The van der Waals surface area contributed by atoms with Gasteiger partial charge in [0, 0.05) is 6.42 Å². The maximum absolute atomic E-state index is 10.5.